The van der Waals surface area contributed by atoms with E-state index in [4.69, 9.17) is 10.7 Å². The van der Waals surface area contributed by atoms with Crippen LogP contribution in [0.4, 0.5) is 11.6 Å². The lowest BCUT2D eigenvalue weighted by Crippen LogP contribution is -2.28. The van der Waals surface area contributed by atoms with E-state index in [1.54, 1.807) is 30.1 Å². The van der Waals surface area contributed by atoms with Crippen molar-refractivity contribution in [1.82, 2.24) is 19.8 Å². The average Bonchev–Trinajstić information content (AvgIpc) is 3.73. The largest absolute Gasteiger partial charge is 0.369 e. The van der Waals surface area contributed by atoms with Gasteiger partial charge in [0.05, 0.1) is 17.6 Å². The Labute approximate surface area is 251 Å². The van der Waals surface area contributed by atoms with E-state index in [0.29, 0.717) is 61.8 Å². The third kappa shape index (κ3) is 7.59. The van der Waals surface area contributed by atoms with Gasteiger partial charge in [-0.05, 0) is 67.5 Å². The van der Waals surface area contributed by atoms with Crippen LogP contribution in [0.3, 0.4) is 0 Å². The number of nitrogens with zero attached hydrogens (tertiary/aromatic N) is 4. The first-order chi connectivity index (χ1) is 20.8. The van der Waals surface area contributed by atoms with Gasteiger partial charge in [-0.15, -0.1) is 0 Å². The average molecular weight is 588 g/mol. The van der Waals surface area contributed by atoms with Gasteiger partial charge in [-0.25, -0.2) is 4.98 Å². The monoisotopic (exact) mass is 587 g/mol. The van der Waals surface area contributed by atoms with Crippen molar-refractivity contribution < 1.29 is 19.2 Å². The van der Waals surface area contributed by atoms with Gasteiger partial charge in [-0.2, -0.15) is 0 Å². The lowest BCUT2D eigenvalue weighted by molar-refractivity contribution is -0.127. The molecule has 1 saturated heterocycles. The van der Waals surface area contributed by atoms with Crippen LogP contribution >= 0.6 is 0 Å². The van der Waals surface area contributed by atoms with Crippen LogP contribution in [0.5, 0.6) is 0 Å². The summed E-state index contributed by atoms with van der Waals surface area (Å²) in [6, 6.07) is 12.9. The van der Waals surface area contributed by atoms with E-state index in [-0.39, 0.29) is 24.3 Å². The van der Waals surface area contributed by atoms with Gasteiger partial charge in [-0.3, -0.25) is 24.5 Å². The van der Waals surface area contributed by atoms with E-state index in [9.17, 15) is 19.2 Å². The standard InChI is InChI=1S/C32H41N7O4/c1-37(30(42)18-22-7-2-3-8-22)25-12-13-27-26(19-25)35-32(39(27)16-6-15-38-14-5-11-29(38)41)36-31(43)24-10-4-9-23(17-24)20-34-21-28(33)40/h4,9-10,12-13,17,19,22,34H,2-3,5-8,11,14-16,18,20-21H2,1H3,(H2,33,40)(H,35,36,43). The molecule has 1 aromatic heterocycles. The molecule has 43 heavy (non-hydrogen) atoms. The molecule has 0 spiro atoms. The number of benzene rings is 2. The number of hydrogen-bond donors (Lipinski definition) is 3. The third-order valence-electron chi connectivity index (χ3n) is 8.46. The highest BCUT2D eigenvalue weighted by molar-refractivity contribution is 6.04. The molecular weight excluding hydrogens is 546 g/mol. The first kappa shape index (κ1) is 30.2. The normalized spacial score (nSPS) is 15.4. The van der Waals surface area contributed by atoms with E-state index < -0.39 is 5.91 Å². The fraction of sp³-hybridized carbons (Fsp3) is 0.469. The molecule has 11 nitrogen and oxygen atoms in total. The summed E-state index contributed by atoms with van der Waals surface area (Å²) in [5, 5.41) is 5.94. The van der Waals surface area contributed by atoms with Gasteiger partial charge in [-0.1, -0.05) is 25.0 Å². The minimum atomic E-state index is -0.450. The van der Waals surface area contributed by atoms with Crippen molar-refractivity contribution in [2.45, 2.75) is 64.5 Å². The Balaban J connectivity index is 1.35. The van der Waals surface area contributed by atoms with Gasteiger partial charge in [0.1, 0.15) is 0 Å². The summed E-state index contributed by atoms with van der Waals surface area (Å²) in [4.78, 5) is 57.9. The van der Waals surface area contributed by atoms with Crippen LogP contribution in [0.2, 0.25) is 0 Å². The molecule has 2 aliphatic rings. The van der Waals surface area contributed by atoms with Crippen molar-refractivity contribution in [3.63, 3.8) is 0 Å². The maximum Gasteiger partial charge on any atom is 0.257 e. The number of anilines is 2. The molecule has 0 unspecified atom stereocenters. The van der Waals surface area contributed by atoms with Gasteiger partial charge < -0.3 is 25.4 Å². The lowest BCUT2D eigenvalue weighted by Gasteiger charge is -2.19. The molecule has 3 aromatic rings. The Morgan fingerprint density at radius 3 is 2.63 bits per heavy atom. The highest BCUT2D eigenvalue weighted by Gasteiger charge is 2.23. The number of aryl methyl sites for hydroxylation is 1. The van der Waals surface area contributed by atoms with Crippen LogP contribution in [0.25, 0.3) is 11.0 Å². The molecule has 11 heteroatoms. The molecule has 2 fully saturated rings. The minimum absolute atomic E-state index is 0.0484. The molecule has 4 amide bonds. The van der Waals surface area contributed by atoms with Gasteiger partial charge >= 0.3 is 0 Å². The maximum atomic E-state index is 13.4. The Hall–Kier alpha value is -4.25. The van der Waals surface area contributed by atoms with Gasteiger partial charge in [0.25, 0.3) is 5.91 Å². The number of nitrogens with one attached hydrogen (secondary N) is 2. The summed E-state index contributed by atoms with van der Waals surface area (Å²) < 4.78 is 1.97. The zero-order chi connectivity index (χ0) is 30.3. The highest BCUT2D eigenvalue weighted by atomic mass is 16.2. The Morgan fingerprint density at radius 2 is 1.88 bits per heavy atom. The Bertz CT molecular complexity index is 1490. The van der Waals surface area contributed by atoms with Crippen LogP contribution in [0.15, 0.2) is 42.5 Å². The first-order valence-corrected chi connectivity index (χ1v) is 15.2. The zero-order valence-electron chi connectivity index (χ0n) is 24.8. The summed E-state index contributed by atoms with van der Waals surface area (Å²) in [7, 11) is 1.80. The number of amides is 4. The number of carbonyl (C=O) groups excluding carboxylic acids is 4. The van der Waals surface area contributed by atoms with Crippen LogP contribution in [-0.4, -0.2) is 64.8 Å². The number of rotatable bonds is 13. The molecule has 2 aromatic carbocycles. The van der Waals surface area contributed by atoms with Crippen molar-refractivity contribution >= 4 is 46.3 Å². The molecule has 0 bridgehead atoms. The molecule has 2 heterocycles. The molecule has 4 N–H and O–H groups in total. The molecule has 0 radical (unpaired) electrons. The fourth-order valence-electron chi connectivity index (χ4n) is 6.08. The summed E-state index contributed by atoms with van der Waals surface area (Å²) >= 11 is 0. The maximum absolute atomic E-state index is 13.4. The first-order valence-electron chi connectivity index (χ1n) is 15.2. The number of hydrogen-bond acceptors (Lipinski definition) is 6. The van der Waals surface area contributed by atoms with E-state index in [0.717, 1.165) is 42.6 Å². The van der Waals surface area contributed by atoms with Crippen molar-refractivity contribution in [1.29, 1.82) is 0 Å². The van der Waals surface area contributed by atoms with Gasteiger partial charge in [0.2, 0.25) is 23.7 Å². The number of aromatic nitrogens is 2. The predicted molar refractivity (Wildman–Crippen MR) is 165 cm³/mol. The summed E-state index contributed by atoms with van der Waals surface area (Å²) in [6.45, 7) is 2.42. The fourth-order valence-corrected chi connectivity index (χ4v) is 6.08. The molecule has 0 atom stereocenters. The van der Waals surface area contributed by atoms with Crippen LogP contribution < -0.4 is 21.3 Å². The number of imidazole rings is 1. The summed E-state index contributed by atoms with van der Waals surface area (Å²) in [5.74, 6) is 0.382. The second kappa shape index (κ2) is 13.8. The molecular formula is C32H41N7O4. The number of likely N-dealkylation sites (tertiary alicyclic amines) is 1. The van der Waals surface area contributed by atoms with E-state index in [2.05, 4.69) is 10.6 Å². The second-order valence-corrected chi connectivity index (χ2v) is 11.6. The topological polar surface area (TPSA) is 143 Å². The summed E-state index contributed by atoms with van der Waals surface area (Å²) in [6.07, 6.45) is 7.37. The number of fused-ring (bicyclic) bond motifs is 1. The number of primary amides is 1. The Morgan fingerprint density at radius 1 is 1.07 bits per heavy atom. The number of nitrogens with two attached hydrogens (primary N) is 1. The van der Waals surface area contributed by atoms with Gasteiger partial charge in [0, 0.05) is 57.3 Å². The van der Waals surface area contributed by atoms with Gasteiger partial charge in [0.15, 0.2) is 0 Å². The van der Waals surface area contributed by atoms with E-state index >= 15 is 0 Å². The van der Waals surface area contributed by atoms with Crippen molar-refractivity contribution in [3.05, 3.63) is 53.6 Å². The van der Waals surface area contributed by atoms with Crippen molar-refractivity contribution in [2.24, 2.45) is 11.7 Å². The molecule has 1 aliphatic carbocycles. The summed E-state index contributed by atoms with van der Waals surface area (Å²) in [5.41, 5.74) is 8.78. The third-order valence-corrected chi connectivity index (χ3v) is 8.46. The molecule has 1 saturated carbocycles. The SMILES string of the molecule is CN(C(=O)CC1CCCC1)c1ccc2c(c1)nc(NC(=O)c1cccc(CNCC(N)=O)c1)n2CCCN1CCCC1=O. The van der Waals surface area contributed by atoms with Crippen LogP contribution in [0.1, 0.15) is 67.3 Å². The highest BCUT2D eigenvalue weighted by Crippen LogP contribution is 2.30. The second-order valence-electron chi connectivity index (χ2n) is 11.6. The van der Waals surface area contributed by atoms with E-state index in [1.165, 1.54) is 12.8 Å². The quantitative estimate of drug-likeness (QED) is 0.280. The van der Waals surface area contributed by atoms with Crippen LogP contribution in [-0.2, 0) is 27.5 Å². The van der Waals surface area contributed by atoms with E-state index in [1.807, 2.05) is 33.7 Å². The molecule has 1 aliphatic heterocycles. The Kier molecular flexibility index (Phi) is 9.71. The predicted octanol–water partition coefficient (Wildman–Crippen LogP) is 3.42. The molecule has 5 rings (SSSR count). The van der Waals surface area contributed by atoms with Crippen LogP contribution in [0, 0.1) is 5.92 Å². The number of carbonyl (C=O) groups is 4. The van der Waals surface area contributed by atoms with Crippen molar-refractivity contribution in [2.75, 3.05) is 36.9 Å². The minimum Gasteiger partial charge on any atom is -0.369 e. The zero-order valence-corrected chi connectivity index (χ0v) is 24.8. The lowest BCUT2D eigenvalue weighted by atomic mass is 10.0. The van der Waals surface area contributed by atoms with Crippen molar-refractivity contribution in [3.8, 4) is 0 Å². The smallest absolute Gasteiger partial charge is 0.257 e. The molecule has 228 valence electrons.